The smallest absolute Gasteiger partial charge is 0.471 e. The van der Waals surface area contributed by atoms with E-state index in [2.05, 4.69) is 0 Å². The number of carbonyl (C=O) groups is 2. The highest BCUT2D eigenvalue weighted by Gasteiger charge is 2.39. The molecule has 0 bridgehead atoms. The average Bonchev–Trinajstić information content (AvgIpc) is 2.43. The van der Waals surface area contributed by atoms with Gasteiger partial charge in [0.2, 0.25) is 0 Å². The van der Waals surface area contributed by atoms with E-state index in [1.165, 1.54) is 12.1 Å². The molecule has 1 rings (SSSR count). The summed E-state index contributed by atoms with van der Waals surface area (Å²) in [5, 5.41) is 10.7. The van der Waals surface area contributed by atoms with Crippen molar-refractivity contribution in [3.05, 3.63) is 23.8 Å². The van der Waals surface area contributed by atoms with Gasteiger partial charge in [0.25, 0.3) is 0 Å². The van der Waals surface area contributed by atoms with E-state index < -0.39 is 23.6 Å². The molecule has 8 heteroatoms. The third-order valence-corrected chi connectivity index (χ3v) is 3.03. The Morgan fingerprint density at radius 2 is 1.95 bits per heavy atom. The first kappa shape index (κ1) is 17.8. The second kappa shape index (κ2) is 7.15. The zero-order chi connectivity index (χ0) is 16.9. The van der Waals surface area contributed by atoms with Crippen LogP contribution < -0.4 is 10.2 Å². The van der Waals surface area contributed by atoms with Crippen LogP contribution in [0.4, 0.5) is 24.5 Å². The molecule has 5 nitrogen and oxygen atoms in total. The Hall–Kier alpha value is -2.25. The molecule has 122 valence electrons. The Balaban J connectivity index is 3.05. The first-order valence-electron chi connectivity index (χ1n) is 6.63. The number of hydrogen-bond donors (Lipinski definition) is 2. The lowest BCUT2D eigenvalue weighted by molar-refractivity contribution is -0.167. The maximum absolute atomic E-state index is 12.2. The monoisotopic (exact) mass is 318 g/mol. The number of halogens is 3. The standard InChI is InChI=1S/C14H17F3N2O3/c1-3-4-7-19(2)9-5-6-11(10(8-9)12(20)21)18-13(22)14(15,16)17/h5-6,8H,3-4,7H2,1-2H3,(H,18,22)(H,20,21). The van der Waals surface area contributed by atoms with Gasteiger partial charge in [-0.15, -0.1) is 0 Å². The molecular weight excluding hydrogens is 301 g/mol. The number of unbranched alkanes of at least 4 members (excludes halogenated alkanes) is 1. The minimum absolute atomic E-state index is 0.387. The summed E-state index contributed by atoms with van der Waals surface area (Å²) < 4.78 is 36.7. The molecule has 22 heavy (non-hydrogen) atoms. The zero-order valence-corrected chi connectivity index (χ0v) is 12.2. The van der Waals surface area contributed by atoms with Gasteiger partial charge in [0.15, 0.2) is 0 Å². The van der Waals surface area contributed by atoms with Crippen LogP contribution >= 0.6 is 0 Å². The van der Waals surface area contributed by atoms with Crippen molar-refractivity contribution in [1.82, 2.24) is 0 Å². The van der Waals surface area contributed by atoms with Crippen molar-refractivity contribution in [2.45, 2.75) is 25.9 Å². The molecule has 0 radical (unpaired) electrons. The molecule has 0 aromatic heterocycles. The molecule has 0 heterocycles. The van der Waals surface area contributed by atoms with E-state index in [1.54, 1.807) is 17.3 Å². The lowest BCUT2D eigenvalue weighted by atomic mass is 10.1. The summed E-state index contributed by atoms with van der Waals surface area (Å²) in [4.78, 5) is 23.9. The lowest BCUT2D eigenvalue weighted by Gasteiger charge is -2.20. The van der Waals surface area contributed by atoms with Crippen LogP contribution in [0.5, 0.6) is 0 Å². The highest BCUT2D eigenvalue weighted by Crippen LogP contribution is 2.25. The highest BCUT2D eigenvalue weighted by atomic mass is 19.4. The van der Waals surface area contributed by atoms with Crippen molar-refractivity contribution in [2.75, 3.05) is 23.8 Å². The van der Waals surface area contributed by atoms with Crippen LogP contribution in [0.25, 0.3) is 0 Å². The van der Waals surface area contributed by atoms with Crippen molar-refractivity contribution >= 4 is 23.3 Å². The molecule has 2 N–H and O–H groups in total. The Labute approximate surface area is 125 Å². The van der Waals surface area contributed by atoms with E-state index in [0.29, 0.717) is 12.2 Å². The van der Waals surface area contributed by atoms with Crippen LogP contribution in [0, 0.1) is 0 Å². The summed E-state index contributed by atoms with van der Waals surface area (Å²) in [5.41, 5.74) is -0.225. The number of carboxylic acids is 1. The van der Waals surface area contributed by atoms with E-state index in [1.807, 2.05) is 6.92 Å². The number of rotatable bonds is 6. The Morgan fingerprint density at radius 3 is 2.45 bits per heavy atom. The molecular formula is C14H17F3N2O3. The first-order chi connectivity index (χ1) is 10.2. The molecule has 0 aliphatic carbocycles. The fraction of sp³-hybridized carbons (Fsp3) is 0.429. The van der Waals surface area contributed by atoms with Crippen LogP contribution in [0.2, 0.25) is 0 Å². The van der Waals surface area contributed by atoms with Crippen LogP contribution in [-0.4, -0.2) is 36.8 Å². The van der Waals surface area contributed by atoms with Crippen LogP contribution in [0.1, 0.15) is 30.1 Å². The number of nitrogens with one attached hydrogen (secondary N) is 1. The molecule has 0 unspecified atom stereocenters. The fourth-order valence-corrected chi connectivity index (χ4v) is 1.77. The summed E-state index contributed by atoms with van der Waals surface area (Å²) in [6, 6.07) is 3.86. The van der Waals surface area contributed by atoms with E-state index in [4.69, 9.17) is 5.11 Å². The van der Waals surface area contributed by atoms with E-state index in [0.717, 1.165) is 18.9 Å². The van der Waals surface area contributed by atoms with Crippen LogP contribution in [-0.2, 0) is 4.79 Å². The zero-order valence-electron chi connectivity index (χ0n) is 12.2. The van der Waals surface area contributed by atoms with Crippen molar-refractivity contribution in [1.29, 1.82) is 0 Å². The van der Waals surface area contributed by atoms with Crippen molar-refractivity contribution in [3.8, 4) is 0 Å². The van der Waals surface area contributed by atoms with Crippen molar-refractivity contribution in [3.63, 3.8) is 0 Å². The first-order valence-corrected chi connectivity index (χ1v) is 6.63. The Kier molecular flexibility index (Phi) is 5.78. The number of hydrogen-bond acceptors (Lipinski definition) is 3. The van der Waals surface area contributed by atoms with Gasteiger partial charge in [0.1, 0.15) is 0 Å². The molecule has 1 aromatic rings. The van der Waals surface area contributed by atoms with E-state index >= 15 is 0 Å². The van der Waals surface area contributed by atoms with Crippen molar-refractivity contribution in [2.24, 2.45) is 0 Å². The summed E-state index contributed by atoms with van der Waals surface area (Å²) in [6.45, 7) is 2.69. The number of anilines is 2. The lowest BCUT2D eigenvalue weighted by Crippen LogP contribution is -2.30. The summed E-state index contributed by atoms with van der Waals surface area (Å²) in [5.74, 6) is -3.62. The highest BCUT2D eigenvalue weighted by molar-refractivity contribution is 6.02. The predicted octanol–water partition coefficient (Wildman–Crippen LogP) is 3.12. The number of benzene rings is 1. The topological polar surface area (TPSA) is 69.6 Å². The number of aromatic carboxylic acids is 1. The van der Waals surface area contributed by atoms with Gasteiger partial charge in [-0.25, -0.2) is 4.79 Å². The molecule has 0 fully saturated rings. The largest absolute Gasteiger partial charge is 0.478 e. The van der Waals surface area contributed by atoms with Gasteiger partial charge in [0, 0.05) is 19.3 Å². The second-order valence-electron chi connectivity index (χ2n) is 4.76. The maximum Gasteiger partial charge on any atom is 0.471 e. The molecule has 0 aliphatic heterocycles. The van der Waals surface area contributed by atoms with Gasteiger partial charge in [0.05, 0.1) is 11.3 Å². The number of alkyl halides is 3. The SMILES string of the molecule is CCCCN(C)c1ccc(NC(=O)C(F)(F)F)c(C(=O)O)c1. The molecule has 0 aliphatic rings. The minimum atomic E-state index is -5.08. The third-order valence-electron chi connectivity index (χ3n) is 3.03. The Bertz CT molecular complexity index is 559. The summed E-state index contributed by atoms with van der Waals surface area (Å²) in [6.07, 6.45) is -3.23. The van der Waals surface area contributed by atoms with E-state index in [-0.39, 0.29) is 5.69 Å². The molecule has 1 aromatic carbocycles. The molecule has 1 amide bonds. The fourth-order valence-electron chi connectivity index (χ4n) is 1.77. The van der Waals surface area contributed by atoms with Gasteiger partial charge in [-0.2, -0.15) is 13.2 Å². The molecule has 0 spiro atoms. The van der Waals surface area contributed by atoms with Crippen molar-refractivity contribution < 1.29 is 27.9 Å². The number of nitrogens with zero attached hydrogens (tertiary/aromatic N) is 1. The van der Waals surface area contributed by atoms with Crippen LogP contribution in [0.3, 0.4) is 0 Å². The van der Waals surface area contributed by atoms with Gasteiger partial charge in [-0.1, -0.05) is 13.3 Å². The molecule has 0 saturated heterocycles. The van der Waals surface area contributed by atoms with Gasteiger partial charge in [-0.3, -0.25) is 4.79 Å². The maximum atomic E-state index is 12.2. The molecule has 0 saturated carbocycles. The quantitative estimate of drug-likeness (QED) is 0.845. The number of carbonyl (C=O) groups excluding carboxylic acids is 1. The molecule has 0 atom stereocenters. The second-order valence-corrected chi connectivity index (χ2v) is 4.76. The number of carboxylic acid groups (broad SMARTS) is 1. The average molecular weight is 318 g/mol. The normalized spacial score (nSPS) is 11.1. The predicted molar refractivity (Wildman–Crippen MR) is 76.3 cm³/mol. The van der Waals surface area contributed by atoms with Gasteiger partial charge < -0.3 is 15.3 Å². The summed E-state index contributed by atoms with van der Waals surface area (Å²) >= 11 is 0. The third kappa shape index (κ3) is 4.64. The minimum Gasteiger partial charge on any atom is -0.478 e. The Morgan fingerprint density at radius 1 is 1.32 bits per heavy atom. The van der Waals surface area contributed by atoms with Gasteiger partial charge in [-0.05, 0) is 24.6 Å². The van der Waals surface area contributed by atoms with Crippen LogP contribution in [0.15, 0.2) is 18.2 Å². The number of amides is 1. The summed E-state index contributed by atoms with van der Waals surface area (Å²) in [7, 11) is 1.75. The van der Waals surface area contributed by atoms with E-state index in [9.17, 15) is 22.8 Å². The van der Waals surface area contributed by atoms with Gasteiger partial charge >= 0.3 is 18.1 Å².